The maximum Gasteiger partial charge on any atom is 0.387 e. The summed E-state index contributed by atoms with van der Waals surface area (Å²) in [5, 5.41) is 2.91. The molecule has 1 N–H and O–H groups in total. The number of carbonyl (C=O) groups is 1. The molecular weight excluding hydrogens is 328 g/mol. The number of hydrogen-bond acceptors (Lipinski definition) is 3. The molecule has 0 aliphatic heterocycles. The van der Waals surface area contributed by atoms with E-state index < -0.39 is 6.61 Å². The lowest BCUT2D eigenvalue weighted by Crippen LogP contribution is -2.15. The Morgan fingerprint density at radius 1 is 1.12 bits per heavy atom. The number of anilines is 1. The molecule has 3 rings (SSSR count). The first-order valence-corrected chi connectivity index (χ1v) is 8.13. The third-order valence-electron chi connectivity index (χ3n) is 4.29. The zero-order chi connectivity index (χ0) is 17.8. The van der Waals surface area contributed by atoms with Crippen LogP contribution < -0.4 is 14.8 Å². The number of amides is 1. The van der Waals surface area contributed by atoms with Gasteiger partial charge in [0.15, 0.2) is 11.5 Å². The van der Waals surface area contributed by atoms with Crippen LogP contribution in [-0.4, -0.2) is 19.6 Å². The molecule has 25 heavy (non-hydrogen) atoms. The van der Waals surface area contributed by atoms with Crippen molar-refractivity contribution in [3.05, 3.63) is 53.1 Å². The molecule has 0 spiro atoms. The highest BCUT2D eigenvalue weighted by Crippen LogP contribution is 2.31. The summed E-state index contributed by atoms with van der Waals surface area (Å²) in [6.07, 6.45) is 4.23. The normalized spacial score (nSPS) is 13.3. The molecule has 0 heterocycles. The van der Waals surface area contributed by atoms with E-state index in [1.165, 1.54) is 36.4 Å². The number of aryl methyl sites for hydroxylation is 1. The Morgan fingerprint density at radius 2 is 1.92 bits per heavy atom. The van der Waals surface area contributed by atoms with Gasteiger partial charge in [0.2, 0.25) is 0 Å². The highest BCUT2D eigenvalue weighted by Gasteiger charge is 2.17. The monoisotopic (exact) mass is 347 g/mol. The number of ether oxygens (including phenoxy) is 2. The van der Waals surface area contributed by atoms with Gasteiger partial charge in [-0.15, -0.1) is 0 Å². The lowest BCUT2D eigenvalue weighted by atomic mass is 9.90. The number of alkyl halides is 2. The minimum absolute atomic E-state index is 0.0861. The van der Waals surface area contributed by atoms with Crippen molar-refractivity contribution >= 4 is 11.6 Å². The van der Waals surface area contributed by atoms with Gasteiger partial charge in [0.05, 0.1) is 7.11 Å². The molecule has 0 radical (unpaired) electrons. The molecule has 6 heteroatoms. The van der Waals surface area contributed by atoms with E-state index in [1.807, 2.05) is 12.1 Å². The first-order valence-electron chi connectivity index (χ1n) is 8.13. The molecule has 0 bridgehead atoms. The summed E-state index contributed by atoms with van der Waals surface area (Å²) in [5.41, 5.74) is 3.55. The van der Waals surface area contributed by atoms with Gasteiger partial charge in [-0.05, 0) is 61.1 Å². The summed E-state index contributed by atoms with van der Waals surface area (Å²) in [6.45, 7) is -2.95. The predicted octanol–water partition coefficient (Wildman–Crippen LogP) is 4.43. The molecule has 4 nitrogen and oxygen atoms in total. The first-order chi connectivity index (χ1) is 12.1. The van der Waals surface area contributed by atoms with Crippen molar-refractivity contribution in [2.75, 3.05) is 12.4 Å². The van der Waals surface area contributed by atoms with Crippen LogP contribution in [0.15, 0.2) is 36.4 Å². The van der Waals surface area contributed by atoms with Crippen LogP contribution in [0.3, 0.4) is 0 Å². The summed E-state index contributed by atoms with van der Waals surface area (Å²) in [4.78, 5) is 12.5. The Balaban J connectivity index is 1.82. The molecule has 0 saturated heterocycles. The Hall–Kier alpha value is -2.63. The van der Waals surface area contributed by atoms with Gasteiger partial charge >= 0.3 is 6.61 Å². The quantitative estimate of drug-likeness (QED) is 0.870. The summed E-state index contributed by atoms with van der Waals surface area (Å²) in [5.74, 6) is -0.338. The zero-order valence-corrected chi connectivity index (χ0v) is 13.9. The van der Waals surface area contributed by atoms with E-state index in [-0.39, 0.29) is 17.4 Å². The van der Waals surface area contributed by atoms with Gasteiger partial charge in [0.25, 0.3) is 5.91 Å². The molecule has 1 aliphatic carbocycles. The molecule has 132 valence electrons. The lowest BCUT2D eigenvalue weighted by Gasteiger charge is -2.19. The van der Waals surface area contributed by atoms with Gasteiger partial charge in [-0.2, -0.15) is 8.78 Å². The molecule has 0 atom stereocenters. The number of halogens is 2. The number of fused-ring (bicyclic) bond motifs is 1. The highest BCUT2D eigenvalue weighted by molar-refractivity contribution is 6.05. The molecule has 0 fully saturated rings. The van der Waals surface area contributed by atoms with Gasteiger partial charge in [-0.1, -0.05) is 12.1 Å². The van der Waals surface area contributed by atoms with Crippen LogP contribution in [0.4, 0.5) is 14.5 Å². The number of benzene rings is 2. The molecule has 2 aromatic rings. The number of nitrogens with one attached hydrogen (secondary N) is 1. The number of carbonyl (C=O) groups excluding carboxylic acids is 1. The SMILES string of the molecule is COc1cc(C(=O)Nc2cccc3c2CCCC3)ccc1OC(F)F. The molecule has 2 aromatic carbocycles. The Bertz CT molecular complexity index is 777. The molecule has 0 aromatic heterocycles. The second-order valence-corrected chi connectivity index (χ2v) is 5.85. The summed E-state index contributed by atoms with van der Waals surface area (Å²) < 4.78 is 34.2. The van der Waals surface area contributed by atoms with E-state index in [4.69, 9.17) is 4.74 Å². The largest absolute Gasteiger partial charge is 0.493 e. The summed E-state index contributed by atoms with van der Waals surface area (Å²) in [7, 11) is 1.34. The molecule has 0 unspecified atom stereocenters. The third kappa shape index (κ3) is 3.90. The second-order valence-electron chi connectivity index (χ2n) is 5.85. The van der Waals surface area contributed by atoms with Gasteiger partial charge < -0.3 is 14.8 Å². The molecule has 1 aliphatic rings. The number of methoxy groups -OCH3 is 1. The first kappa shape index (κ1) is 17.2. The smallest absolute Gasteiger partial charge is 0.387 e. The standard InChI is InChI=1S/C19H19F2NO3/c1-24-17-11-13(9-10-16(17)25-19(20)21)18(23)22-15-8-4-6-12-5-2-3-7-14(12)15/h4,6,8-11,19H,2-3,5,7H2,1H3,(H,22,23). The van der Waals surface area contributed by atoms with Crippen molar-refractivity contribution in [2.24, 2.45) is 0 Å². The van der Waals surface area contributed by atoms with Crippen LogP contribution in [0.25, 0.3) is 0 Å². The molecule has 0 saturated carbocycles. The highest BCUT2D eigenvalue weighted by atomic mass is 19.3. The van der Waals surface area contributed by atoms with E-state index in [0.717, 1.165) is 31.4 Å². The van der Waals surface area contributed by atoms with Crippen molar-refractivity contribution < 1.29 is 23.0 Å². The zero-order valence-electron chi connectivity index (χ0n) is 13.9. The van der Waals surface area contributed by atoms with E-state index in [0.29, 0.717) is 5.56 Å². The van der Waals surface area contributed by atoms with Crippen molar-refractivity contribution in [3.8, 4) is 11.5 Å². The van der Waals surface area contributed by atoms with Crippen molar-refractivity contribution in [1.29, 1.82) is 0 Å². The van der Waals surface area contributed by atoms with Crippen LogP contribution in [0.2, 0.25) is 0 Å². The van der Waals surface area contributed by atoms with Crippen molar-refractivity contribution in [2.45, 2.75) is 32.3 Å². The van der Waals surface area contributed by atoms with E-state index in [2.05, 4.69) is 16.1 Å². The van der Waals surface area contributed by atoms with Crippen LogP contribution in [-0.2, 0) is 12.8 Å². The van der Waals surface area contributed by atoms with Crippen molar-refractivity contribution in [3.63, 3.8) is 0 Å². The third-order valence-corrected chi connectivity index (χ3v) is 4.29. The summed E-state index contributed by atoms with van der Waals surface area (Å²) >= 11 is 0. The molecular formula is C19H19F2NO3. The maximum atomic E-state index is 12.5. The average Bonchev–Trinajstić information content (AvgIpc) is 2.62. The van der Waals surface area contributed by atoms with Gasteiger partial charge in [-0.3, -0.25) is 4.79 Å². The fourth-order valence-electron chi connectivity index (χ4n) is 3.10. The van der Waals surface area contributed by atoms with Gasteiger partial charge in [-0.25, -0.2) is 0 Å². The maximum absolute atomic E-state index is 12.5. The lowest BCUT2D eigenvalue weighted by molar-refractivity contribution is -0.0512. The Labute approximate surface area is 144 Å². The van der Waals surface area contributed by atoms with Crippen LogP contribution in [0.5, 0.6) is 11.5 Å². The van der Waals surface area contributed by atoms with E-state index in [1.54, 1.807) is 0 Å². The molecule has 1 amide bonds. The minimum atomic E-state index is -2.95. The van der Waals surface area contributed by atoms with Crippen LogP contribution in [0, 0.1) is 0 Å². The summed E-state index contributed by atoms with van der Waals surface area (Å²) in [6, 6.07) is 10.0. The van der Waals surface area contributed by atoms with Gasteiger partial charge in [0.1, 0.15) is 0 Å². The number of hydrogen-bond donors (Lipinski definition) is 1. The van der Waals surface area contributed by atoms with Crippen molar-refractivity contribution in [1.82, 2.24) is 0 Å². The number of rotatable bonds is 5. The fourth-order valence-corrected chi connectivity index (χ4v) is 3.10. The topological polar surface area (TPSA) is 47.6 Å². The van der Waals surface area contributed by atoms with Crippen LogP contribution in [0.1, 0.15) is 34.3 Å². The van der Waals surface area contributed by atoms with E-state index in [9.17, 15) is 13.6 Å². The second kappa shape index (κ2) is 7.51. The van der Waals surface area contributed by atoms with Gasteiger partial charge in [0, 0.05) is 11.3 Å². The fraction of sp³-hybridized carbons (Fsp3) is 0.316. The van der Waals surface area contributed by atoms with E-state index >= 15 is 0 Å². The predicted molar refractivity (Wildman–Crippen MR) is 90.7 cm³/mol. The minimum Gasteiger partial charge on any atom is -0.493 e. The van der Waals surface area contributed by atoms with Crippen LogP contribution >= 0.6 is 0 Å². The Morgan fingerprint density at radius 3 is 2.68 bits per heavy atom. The average molecular weight is 347 g/mol. The Kier molecular flexibility index (Phi) is 5.16.